The van der Waals surface area contributed by atoms with Gasteiger partial charge in [0.2, 0.25) is 5.91 Å². The highest BCUT2D eigenvalue weighted by atomic mass is 127. The predicted octanol–water partition coefficient (Wildman–Crippen LogP) is 2.23. The molecule has 16 heavy (non-hydrogen) atoms. The van der Waals surface area contributed by atoms with E-state index >= 15 is 0 Å². The zero-order chi connectivity index (χ0) is 11.7. The van der Waals surface area contributed by atoms with Gasteiger partial charge in [-0.3, -0.25) is 4.79 Å². The zero-order valence-corrected chi connectivity index (χ0v) is 10.9. The molecule has 1 heterocycles. The first-order valence-corrected chi connectivity index (χ1v) is 5.83. The lowest BCUT2D eigenvalue weighted by Crippen LogP contribution is -2.11. The van der Waals surface area contributed by atoms with E-state index < -0.39 is 5.91 Å². The van der Waals surface area contributed by atoms with Crippen LogP contribution in [0, 0.1) is 3.57 Å². The lowest BCUT2D eigenvalue weighted by Gasteiger charge is -2.05. The van der Waals surface area contributed by atoms with Gasteiger partial charge in [0.25, 0.3) is 0 Å². The Morgan fingerprint density at radius 3 is 2.75 bits per heavy atom. The Morgan fingerprint density at radius 2 is 2.25 bits per heavy atom. The molecule has 1 amide bonds. The predicted molar refractivity (Wildman–Crippen MR) is 69.8 cm³/mol. The number of benzene rings is 1. The number of hydrogen-bond acceptors (Lipinski definition) is 2. The van der Waals surface area contributed by atoms with Crippen molar-refractivity contribution in [2.24, 2.45) is 5.73 Å². The molecule has 0 saturated carbocycles. The third-order valence-electron chi connectivity index (χ3n) is 2.03. The average Bonchev–Trinajstić information content (AvgIpc) is 2.64. The second-order valence-corrected chi connectivity index (χ2v) is 4.79. The van der Waals surface area contributed by atoms with Gasteiger partial charge in [0.05, 0.1) is 20.5 Å². The topological polar surface area (TPSA) is 60.9 Å². The number of amides is 1. The lowest BCUT2D eigenvalue weighted by atomic mass is 10.2. The fourth-order valence-electron chi connectivity index (χ4n) is 1.28. The number of nitrogens with zero attached hydrogens (tertiary/aromatic N) is 2. The molecule has 0 aliphatic carbocycles. The molecule has 1 aromatic heterocycles. The van der Waals surface area contributed by atoms with Gasteiger partial charge in [0.15, 0.2) is 0 Å². The Labute approximate surface area is 111 Å². The highest BCUT2D eigenvalue weighted by Crippen LogP contribution is 2.21. The first-order valence-electron chi connectivity index (χ1n) is 4.38. The highest BCUT2D eigenvalue weighted by molar-refractivity contribution is 14.1. The highest BCUT2D eigenvalue weighted by Gasteiger charge is 2.07. The Bertz CT molecular complexity index is 553. The minimum atomic E-state index is -0.497. The van der Waals surface area contributed by atoms with E-state index in [0.717, 1.165) is 9.26 Å². The maximum atomic E-state index is 10.9. The normalized spacial score (nSPS) is 10.4. The summed E-state index contributed by atoms with van der Waals surface area (Å²) in [5.41, 5.74) is 6.26. The minimum absolute atomic E-state index is 0.385. The van der Waals surface area contributed by atoms with Crippen molar-refractivity contribution in [1.29, 1.82) is 0 Å². The van der Waals surface area contributed by atoms with E-state index in [1.165, 1.54) is 6.07 Å². The molecule has 0 aliphatic rings. The molecule has 6 heteroatoms. The standard InChI is InChI=1S/C10H7ClIN3O/c11-8-3-6(10(13)16)1-2-9(8)15-5-7(12)4-14-15/h1-5H,(H2,13,16). The number of rotatable bonds is 2. The summed E-state index contributed by atoms with van der Waals surface area (Å²) in [7, 11) is 0. The molecule has 0 spiro atoms. The van der Waals surface area contributed by atoms with E-state index in [4.69, 9.17) is 17.3 Å². The molecule has 4 nitrogen and oxygen atoms in total. The maximum absolute atomic E-state index is 10.9. The zero-order valence-electron chi connectivity index (χ0n) is 8.02. The van der Waals surface area contributed by atoms with Gasteiger partial charge in [-0.25, -0.2) is 4.68 Å². The van der Waals surface area contributed by atoms with Crippen LogP contribution in [0.4, 0.5) is 0 Å². The van der Waals surface area contributed by atoms with Crippen LogP contribution in [0.5, 0.6) is 0 Å². The molecular weight excluding hydrogens is 340 g/mol. The summed E-state index contributed by atoms with van der Waals surface area (Å²) in [5, 5.41) is 4.57. The number of carbonyl (C=O) groups is 1. The van der Waals surface area contributed by atoms with E-state index in [9.17, 15) is 4.79 Å². The van der Waals surface area contributed by atoms with E-state index in [1.54, 1.807) is 23.0 Å². The van der Waals surface area contributed by atoms with E-state index in [2.05, 4.69) is 27.7 Å². The summed E-state index contributed by atoms with van der Waals surface area (Å²) < 4.78 is 2.65. The first-order chi connectivity index (χ1) is 7.58. The van der Waals surface area contributed by atoms with Gasteiger partial charge in [-0.15, -0.1) is 0 Å². The molecular formula is C10H7ClIN3O. The summed E-state index contributed by atoms with van der Waals surface area (Å²) in [4.78, 5) is 10.9. The van der Waals surface area contributed by atoms with Gasteiger partial charge in [-0.1, -0.05) is 11.6 Å². The SMILES string of the molecule is NC(=O)c1ccc(-n2cc(I)cn2)c(Cl)c1. The second-order valence-electron chi connectivity index (χ2n) is 3.13. The number of aromatic nitrogens is 2. The second kappa shape index (κ2) is 4.42. The lowest BCUT2D eigenvalue weighted by molar-refractivity contribution is 0.100. The van der Waals surface area contributed by atoms with Crippen molar-refractivity contribution in [2.75, 3.05) is 0 Å². The van der Waals surface area contributed by atoms with Gasteiger partial charge >= 0.3 is 0 Å². The molecule has 0 atom stereocenters. The van der Waals surface area contributed by atoms with Crippen LogP contribution in [0.25, 0.3) is 5.69 Å². The number of primary amides is 1. The van der Waals surface area contributed by atoms with Crippen molar-refractivity contribution in [1.82, 2.24) is 9.78 Å². The van der Waals surface area contributed by atoms with Gasteiger partial charge in [-0.2, -0.15) is 5.10 Å². The van der Waals surface area contributed by atoms with Gasteiger partial charge in [-0.05, 0) is 40.8 Å². The summed E-state index contributed by atoms with van der Waals surface area (Å²) >= 11 is 8.20. The van der Waals surface area contributed by atoms with Crippen molar-refractivity contribution in [3.8, 4) is 5.69 Å². The minimum Gasteiger partial charge on any atom is -0.366 e. The van der Waals surface area contributed by atoms with Crippen molar-refractivity contribution < 1.29 is 4.79 Å². The number of hydrogen-bond donors (Lipinski definition) is 1. The van der Waals surface area contributed by atoms with Crippen LogP contribution < -0.4 is 5.73 Å². The fraction of sp³-hybridized carbons (Fsp3) is 0. The largest absolute Gasteiger partial charge is 0.366 e. The molecule has 0 radical (unpaired) electrons. The van der Waals surface area contributed by atoms with Crippen molar-refractivity contribution in [2.45, 2.75) is 0 Å². The van der Waals surface area contributed by atoms with Crippen LogP contribution in [0.15, 0.2) is 30.6 Å². The van der Waals surface area contributed by atoms with Crippen LogP contribution in [0.2, 0.25) is 5.02 Å². The molecule has 2 aromatic rings. The van der Waals surface area contributed by atoms with Crippen LogP contribution in [-0.2, 0) is 0 Å². The van der Waals surface area contributed by atoms with Crippen LogP contribution >= 0.6 is 34.2 Å². The summed E-state index contributed by atoms with van der Waals surface area (Å²) in [6.07, 6.45) is 3.56. The Hall–Kier alpha value is -1.08. The van der Waals surface area contributed by atoms with E-state index in [1.807, 2.05) is 6.20 Å². The Morgan fingerprint density at radius 1 is 1.50 bits per heavy atom. The number of nitrogens with two attached hydrogens (primary N) is 1. The molecule has 0 saturated heterocycles. The van der Waals surface area contributed by atoms with Crippen molar-refractivity contribution >= 4 is 40.1 Å². The van der Waals surface area contributed by atoms with Crippen LogP contribution in [0.3, 0.4) is 0 Å². The summed E-state index contributed by atoms with van der Waals surface area (Å²) in [5.74, 6) is -0.497. The fourth-order valence-corrected chi connectivity index (χ4v) is 1.93. The summed E-state index contributed by atoms with van der Waals surface area (Å²) in [6.45, 7) is 0. The molecule has 2 N–H and O–H groups in total. The third-order valence-corrected chi connectivity index (χ3v) is 2.89. The Kier molecular flexibility index (Phi) is 3.15. The molecule has 2 rings (SSSR count). The number of carbonyl (C=O) groups excluding carboxylic acids is 1. The maximum Gasteiger partial charge on any atom is 0.248 e. The first kappa shape index (κ1) is 11.4. The third kappa shape index (κ3) is 2.19. The van der Waals surface area contributed by atoms with E-state index in [0.29, 0.717) is 10.6 Å². The molecule has 0 unspecified atom stereocenters. The monoisotopic (exact) mass is 347 g/mol. The van der Waals surface area contributed by atoms with Gasteiger partial charge in [0, 0.05) is 11.8 Å². The van der Waals surface area contributed by atoms with Gasteiger partial charge < -0.3 is 5.73 Å². The number of halogens is 2. The average molecular weight is 348 g/mol. The summed E-state index contributed by atoms with van der Waals surface area (Å²) in [6, 6.07) is 4.87. The van der Waals surface area contributed by atoms with Crippen molar-refractivity contribution in [3.63, 3.8) is 0 Å². The smallest absolute Gasteiger partial charge is 0.248 e. The molecule has 0 fully saturated rings. The molecule has 0 bridgehead atoms. The van der Waals surface area contributed by atoms with Crippen molar-refractivity contribution in [3.05, 3.63) is 44.7 Å². The molecule has 82 valence electrons. The molecule has 1 aromatic carbocycles. The van der Waals surface area contributed by atoms with E-state index in [-0.39, 0.29) is 0 Å². The van der Waals surface area contributed by atoms with Crippen LogP contribution in [0.1, 0.15) is 10.4 Å². The van der Waals surface area contributed by atoms with Gasteiger partial charge in [0.1, 0.15) is 0 Å². The Balaban J connectivity index is 2.47. The molecule has 0 aliphatic heterocycles. The van der Waals surface area contributed by atoms with Crippen LogP contribution in [-0.4, -0.2) is 15.7 Å². The quantitative estimate of drug-likeness (QED) is 0.847.